The van der Waals surface area contributed by atoms with Gasteiger partial charge in [-0.2, -0.15) is 0 Å². The molecule has 0 radical (unpaired) electrons. The van der Waals surface area contributed by atoms with Gasteiger partial charge in [-0.1, -0.05) is 20.8 Å². The second-order valence-electron chi connectivity index (χ2n) is 4.30. The van der Waals surface area contributed by atoms with Gasteiger partial charge in [0.15, 0.2) is 0 Å². The number of hydrogen-bond acceptors (Lipinski definition) is 2. The fourth-order valence-electron chi connectivity index (χ4n) is 1.13. The summed E-state index contributed by atoms with van der Waals surface area (Å²) in [6.45, 7) is 6.30. The first-order valence-corrected chi connectivity index (χ1v) is 6.55. The van der Waals surface area contributed by atoms with Crippen LogP contribution in [-0.4, -0.2) is 17.0 Å². The van der Waals surface area contributed by atoms with E-state index in [0.717, 1.165) is 5.56 Å². The first kappa shape index (κ1) is 23.0. The number of hydrogen-bond donors (Lipinski definition) is 1. The summed E-state index contributed by atoms with van der Waals surface area (Å²) in [5, 5.41) is 9.41. The molecule has 0 heterocycles. The Morgan fingerprint density at radius 1 is 1.22 bits per heavy atom. The van der Waals surface area contributed by atoms with Crippen LogP contribution in [0.2, 0.25) is 0 Å². The molecule has 18 heavy (non-hydrogen) atoms. The Labute approximate surface area is 130 Å². The maximum absolute atomic E-state index is 10.3. The summed E-state index contributed by atoms with van der Waals surface area (Å²) < 4.78 is 15.4. The molecule has 0 saturated heterocycles. The first-order valence-electron chi connectivity index (χ1n) is 4.86. The zero-order valence-electron chi connectivity index (χ0n) is 11.0. The van der Waals surface area contributed by atoms with Gasteiger partial charge in [0.1, 0.15) is 11.5 Å². The van der Waals surface area contributed by atoms with Crippen molar-refractivity contribution in [2.24, 2.45) is 0 Å². The van der Waals surface area contributed by atoms with Crippen molar-refractivity contribution >= 4 is 29.6 Å². The number of phenols is 1. The number of benzene rings is 1. The third kappa shape index (κ3) is 8.93. The van der Waals surface area contributed by atoms with Gasteiger partial charge in [0, 0.05) is 6.07 Å². The second-order valence-corrected chi connectivity index (χ2v) is 4.72. The van der Waals surface area contributed by atoms with Crippen LogP contribution in [0.3, 0.4) is 0 Å². The average molecular weight is 334 g/mol. The van der Waals surface area contributed by atoms with E-state index in [0.29, 0.717) is 5.75 Å². The summed E-state index contributed by atoms with van der Waals surface area (Å²) in [6.07, 6.45) is 0. The topological polar surface area (TPSA) is 29.5 Å². The molecule has 0 atom stereocenters. The van der Waals surface area contributed by atoms with Crippen molar-refractivity contribution in [3.63, 3.8) is 0 Å². The summed E-state index contributed by atoms with van der Waals surface area (Å²) in [6, 6.07) is 5.32. The minimum absolute atomic E-state index is 0. The molecule has 0 fully saturated rings. The number of halogens is 3. The van der Waals surface area contributed by atoms with Crippen LogP contribution in [0, 0.1) is 0 Å². The van der Waals surface area contributed by atoms with Crippen LogP contribution < -0.4 is 4.74 Å². The Morgan fingerprint density at radius 3 is 2.00 bits per heavy atom. The molecule has 0 saturated carbocycles. The third-order valence-electron chi connectivity index (χ3n) is 1.99. The predicted octanol–water partition coefficient (Wildman–Crippen LogP) is 3.93. The fraction of sp³-hybridized carbons (Fsp3) is 0.417. The monoisotopic (exact) mass is 333 g/mol. The molecule has 6 heteroatoms. The van der Waals surface area contributed by atoms with Gasteiger partial charge in [0.05, 0.1) is 7.11 Å². The van der Waals surface area contributed by atoms with Gasteiger partial charge in [0.2, 0.25) is 0 Å². The van der Waals surface area contributed by atoms with Gasteiger partial charge >= 0.3 is 27.1 Å². The van der Waals surface area contributed by atoms with Crippen LogP contribution in [0.15, 0.2) is 18.2 Å². The van der Waals surface area contributed by atoms with Gasteiger partial charge < -0.3 is 9.84 Å². The molecule has 0 aliphatic carbocycles. The Balaban J connectivity index is -0.000000410. The van der Waals surface area contributed by atoms with Crippen molar-refractivity contribution in [1.82, 2.24) is 0 Å². The van der Waals surface area contributed by atoms with Gasteiger partial charge in [0.25, 0.3) is 0 Å². The summed E-state index contributed by atoms with van der Waals surface area (Å²) in [5.74, 6) is 0.953. The predicted molar refractivity (Wildman–Crippen MR) is 76.1 cm³/mol. The van der Waals surface area contributed by atoms with Gasteiger partial charge in [-0.25, -0.2) is 0 Å². The molecule has 0 bridgehead atoms. The maximum atomic E-state index is 10.3. The van der Waals surface area contributed by atoms with E-state index in [4.69, 9.17) is 4.74 Å². The second kappa shape index (κ2) is 10.8. The van der Waals surface area contributed by atoms with Crippen molar-refractivity contribution in [1.29, 1.82) is 0 Å². The van der Waals surface area contributed by atoms with Crippen molar-refractivity contribution in [3.05, 3.63) is 23.8 Å². The van der Waals surface area contributed by atoms with E-state index in [1.807, 2.05) is 6.07 Å². The van der Waals surface area contributed by atoms with Crippen LogP contribution in [0.1, 0.15) is 26.3 Å². The molecule has 1 aromatic rings. The molecule has 0 aromatic heterocycles. The molecular formula is C12H20Cl2FO2Ti. The number of phenolic OH excluding ortho intramolecular Hbond substituents is 1. The molecule has 0 aliphatic heterocycles. The van der Waals surface area contributed by atoms with Crippen LogP contribution in [0.25, 0.3) is 0 Å². The summed E-state index contributed by atoms with van der Waals surface area (Å²) in [4.78, 5) is 2.94. The molecule has 1 rings (SSSR count). The van der Waals surface area contributed by atoms with E-state index in [1.165, 1.54) is 0 Å². The molecule has 0 aliphatic rings. The quantitative estimate of drug-likeness (QED) is 0.789. The average Bonchev–Trinajstić information content (AvgIpc) is 2.16. The fourth-order valence-corrected chi connectivity index (χ4v) is 1.13. The Hall–Kier alpha value is -0.0857. The van der Waals surface area contributed by atoms with E-state index in [-0.39, 0.29) is 36.0 Å². The molecule has 0 amide bonds. The summed E-state index contributed by atoms with van der Waals surface area (Å²) in [5.41, 5.74) is 1.11. The number of methoxy groups -OCH3 is 1. The van der Waals surface area contributed by atoms with E-state index < -0.39 is 19.2 Å². The Morgan fingerprint density at radius 2 is 1.67 bits per heavy atom. The molecule has 2 nitrogen and oxygen atoms in total. The van der Waals surface area contributed by atoms with E-state index in [9.17, 15) is 8.20 Å². The van der Waals surface area contributed by atoms with Crippen molar-refractivity contribution in [2.75, 3.05) is 7.11 Å². The van der Waals surface area contributed by atoms with Crippen molar-refractivity contribution in [2.45, 2.75) is 26.2 Å². The van der Waals surface area contributed by atoms with Gasteiger partial charge in [-0.05, 0) is 23.1 Å². The number of aromatic hydroxyl groups is 1. The first-order chi connectivity index (χ1) is 7.35. The third-order valence-corrected chi connectivity index (χ3v) is 1.99. The zero-order chi connectivity index (χ0) is 12.8. The van der Waals surface area contributed by atoms with Crippen molar-refractivity contribution in [3.8, 4) is 11.5 Å². The Bertz CT molecular complexity index is 354. The minimum atomic E-state index is -1.25. The summed E-state index contributed by atoms with van der Waals surface area (Å²) in [7, 11) is 1.60. The Kier molecular flexibility index (Phi) is 13.8. The number of ether oxygens (including phenoxy) is 1. The number of rotatable bonds is 1. The van der Waals surface area contributed by atoms with Crippen LogP contribution >= 0.6 is 24.8 Å². The molecule has 0 unspecified atom stereocenters. The van der Waals surface area contributed by atoms with Crippen molar-refractivity contribution < 1.29 is 32.2 Å². The standard InChI is InChI=1S/C11H16O2.CH2.2ClH.FH.Ti/c1-11(2,3)8-5-9(12)7-10(6-8)13-4;;;;;/h5-7,12H,1-4H3;1H2;3*1H;/q;;;;;+1/p-1. The molecular weight excluding hydrogens is 314 g/mol. The molecule has 105 valence electrons. The van der Waals surface area contributed by atoms with E-state index >= 15 is 0 Å². The normalized spacial score (nSPS) is 8.72. The molecule has 1 aromatic carbocycles. The van der Waals surface area contributed by atoms with E-state index in [2.05, 4.69) is 25.6 Å². The SMILES string of the molecule is COc1cc(O)cc(C(C)(C)C)c1.Cl.Cl.[CH2]=[Ti][F]. The van der Waals surface area contributed by atoms with Gasteiger partial charge in [-0.3, -0.25) is 0 Å². The van der Waals surface area contributed by atoms with Gasteiger partial charge in [-0.15, -0.1) is 24.8 Å². The summed E-state index contributed by atoms with van der Waals surface area (Å²) >= 11 is -1.25. The molecule has 1 N–H and O–H groups in total. The van der Waals surface area contributed by atoms with E-state index in [1.54, 1.807) is 19.2 Å². The van der Waals surface area contributed by atoms with Crippen LogP contribution in [0.4, 0.5) is 3.09 Å². The molecule has 0 spiro atoms. The van der Waals surface area contributed by atoms with Crippen LogP contribution in [0.5, 0.6) is 11.5 Å². The van der Waals surface area contributed by atoms with Crippen LogP contribution in [-0.2, 0) is 24.6 Å². The zero-order valence-corrected chi connectivity index (χ0v) is 14.2.